The molecule has 0 aromatic heterocycles. The maximum Gasteiger partial charge on any atom is 0.254 e. The molecule has 0 unspecified atom stereocenters. The van der Waals surface area contributed by atoms with Crippen molar-refractivity contribution < 1.29 is 13.6 Å². The predicted octanol–water partition coefficient (Wildman–Crippen LogP) is 1.41. The number of hydrogen-bond acceptors (Lipinski definition) is 3. The van der Waals surface area contributed by atoms with Gasteiger partial charge in [0.15, 0.2) is 0 Å². The summed E-state index contributed by atoms with van der Waals surface area (Å²) in [6.07, 6.45) is 0.794. The molecule has 1 heterocycles. The van der Waals surface area contributed by atoms with Crippen LogP contribution in [0.25, 0.3) is 0 Å². The van der Waals surface area contributed by atoms with E-state index in [9.17, 15) is 13.6 Å². The lowest BCUT2D eigenvalue weighted by molar-refractivity contribution is 0.0946. The van der Waals surface area contributed by atoms with Crippen LogP contribution in [0.3, 0.4) is 0 Å². The fourth-order valence-corrected chi connectivity index (χ4v) is 2.21. The average molecular weight is 320 g/mol. The van der Waals surface area contributed by atoms with E-state index in [0.29, 0.717) is 6.54 Å². The molecular formula is C14H20ClF2N3O. The maximum absolute atomic E-state index is 13.4. The lowest BCUT2D eigenvalue weighted by Gasteiger charge is -2.27. The van der Waals surface area contributed by atoms with Crippen LogP contribution in [-0.4, -0.2) is 50.1 Å². The van der Waals surface area contributed by atoms with Gasteiger partial charge in [0.1, 0.15) is 11.6 Å². The number of hydrogen-bond donors (Lipinski definition) is 2. The normalized spacial score (nSPS) is 15.3. The van der Waals surface area contributed by atoms with Gasteiger partial charge in [-0.05, 0) is 31.2 Å². The van der Waals surface area contributed by atoms with E-state index in [4.69, 9.17) is 0 Å². The molecule has 21 heavy (non-hydrogen) atoms. The van der Waals surface area contributed by atoms with E-state index in [-0.39, 0.29) is 18.0 Å². The van der Waals surface area contributed by atoms with Gasteiger partial charge in [0.25, 0.3) is 5.91 Å². The quantitative estimate of drug-likeness (QED) is 0.807. The Bertz CT molecular complexity index is 468. The van der Waals surface area contributed by atoms with Crippen molar-refractivity contribution in [1.82, 2.24) is 15.5 Å². The number of piperazine rings is 1. The summed E-state index contributed by atoms with van der Waals surface area (Å²) in [5, 5.41) is 5.89. The summed E-state index contributed by atoms with van der Waals surface area (Å²) in [6.45, 7) is 5.34. The fraction of sp³-hybridized carbons (Fsp3) is 0.500. The van der Waals surface area contributed by atoms with Gasteiger partial charge in [0.05, 0.1) is 5.56 Å². The minimum atomic E-state index is -0.703. The average Bonchev–Trinajstić information content (AvgIpc) is 2.47. The van der Waals surface area contributed by atoms with Crippen LogP contribution in [0.4, 0.5) is 8.78 Å². The van der Waals surface area contributed by atoms with Crippen LogP contribution in [0.2, 0.25) is 0 Å². The van der Waals surface area contributed by atoms with Crippen molar-refractivity contribution in [3.63, 3.8) is 0 Å². The largest absolute Gasteiger partial charge is 0.352 e. The second-order valence-electron chi connectivity index (χ2n) is 4.83. The maximum atomic E-state index is 13.4. The van der Waals surface area contributed by atoms with Gasteiger partial charge < -0.3 is 15.5 Å². The van der Waals surface area contributed by atoms with E-state index >= 15 is 0 Å². The predicted molar refractivity (Wildman–Crippen MR) is 79.9 cm³/mol. The van der Waals surface area contributed by atoms with Crippen LogP contribution in [0.5, 0.6) is 0 Å². The molecule has 7 heteroatoms. The first kappa shape index (κ1) is 17.8. The minimum Gasteiger partial charge on any atom is -0.352 e. The number of amides is 1. The molecule has 1 aliphatic rings. The van der Waals surface area contributed by atoms with Gasteiger partial charge in [-0.2, -0.15) is 0 Å². The van der Waals surface area contributed by atoms with Gasteiger partial charge in [-0.15, -0.1) is 12.4 Å². The second-order valence-corrected chi connectivity index (χ2v) is 4.83. The number of nitrogens with one attached hydrogen (secondary N) is 2. The summed E-state index contributed by atoms with van der Waals surface area (Å²) >= 11 is 0. The molecule has 0 bridgehead atoms. The zero-order valence-electron chi connectivity index (χ0n) is 11.7. The molecule has 0 saturated carbocycles. The summed E-state index contributed by atoms with van der Waals surface area (Å²) in [7, 11) is 0. The summed E-state index contributed by atoms with van der Waals surface area (Å²) in [4.78, 5) is 14.0. The Kier molecular flexibility index (Phi) is 7.56. The molecule has 0 aliphatic carbocycles. The summed E-state index contributed by atoms with van der Waals surface area (Å²) in [5.41, 5.74) is -0.243. The molecule has 1 fully saturated rings. The lowest BCUT2D eigenvalue weighted by atomic mass is 10.2. The molecule has 1 saturated heterocycles. The highest BCUT2D eigenvalue weighted by Gasteiger charge is 2.13. The van der Waals surface area contributed by atoms with Crippen LogP contribution in [0.15, 0.2) is 18.2 Å². The molecule has 118 valence electrons. The first-order valence-corrected chi connectivity index (χ1v) is 6.83. The molecule has 1 aromatic carbocycles. The Balaban J connectivity index is 0.00000220. The summed E-state index contributed by atoms with van der Waals surface area (Å²) in [6, 6.07) is 2.88. The van der Waals surface area contributed by atoms with Crippen molar-refractivity contribution in [3.8, 4) is 0 Å². The highest BCUT2D eigenvalue weighted by atomic mass is 35.5. The van der Waals surface area contributed by atoms with E-state index in [1.165, 1.54) is 0 Å². The van der Waals surface area contributed by atoms with Gasteiger partial charge in [-0.3, -0.25) is 4.79 Å². The molecule has 0 atom stereocenters. The van der Waals surface area contributed by atoms with Crippen LogP contribution >= 0.6 is 12.4 Å². The molecule has 1 amide bonds. The van der Waals surface area contributed by atoms with Gasteiger partial charge in [-0.1, -0.05) is 0 Å². The van der Waals surface area contributed by atoms with E-state index in [2.05, 4.69) is 15.5 Å². The number of halogens is 3. The molecule has 1 aliphatic heterocycles. The molecule has 4 nitrogen and oxygen atoms in total. The van der Waals surface area contributed by atoms with E-state index in [1.54, 1.807) is 0 Å². The summed E-state index contributed by atoms with van der Waals surface area (Å²) < 4.78 is 26.4. The van der Waals surface area contributed by atoms with Crippen LogP contribution in [0, 0.1) is 11.6 Å². The van der Waals surface area contributed by atoms with Gasteiger partial charge in [0.2, 0.25) is 0 Å². The molecule has 2 N–H and O–H groups in total. The highest BCUT2D eigenvalue weighted by Crippen LogP contribution is 2.09. The highest BCUT2D eigenvalue weighted by molar-refractivity contribution is 5.94. The standard InChI is InChI=1S/C14H19F2N3O.ClH/c15-11-2-3-13(16)12(10-11)14(20)18-4-1-7-19-8-5-17-6-9-19;/h2-3,10,17H,1,4-9H2,(H,18,20);1H. The number of rotatable bonds is 5. The summed E-state index contributed by atoms with van der Waals surface area (Å²) in [5.74, 6) is -1.88. The molecule has 2 rings (SSSR count). The van der Waals surface area contributed by atoms with Crippen LogP contribution in [-0.2, 0) is 0 Å². The van der Waals surface area contributed by atoms with Crippen LogP contribution in [0.1, 0.15) is 16.8 Å². The Hall–Kier alpha value is -1.24. The Morgan fingerprint density at radius 3 is 2.71 bits per heavy atom. The van der Waals surface area contributed by atoms with Gasteiger partial charge in [-0.25, -0.2) is 8.78 Å². The topological polar surface area (TPSA) is 44.4 Å². The number of carbonyl (C=O) groups is 1. The monoisotopic (exact) mass is 319 g/mol. The zero-order chi connectivity index (χ0) is 14.4. The number of carbonyl (C=O) groups excluding carboxylic acids is 1. The zero-order valence-corrected chi connectivity index (χ0v) is 12.5. The number of benzene rings is 1. The third-order valence-corrected chi connectivity index (χ3v) is 3.32. The van der Waals surface area contributed by atoms with Crippen molar-refractivity contribution in [2.24, 2.45) is 0 Å². The fourth-order valence-electron chi connectivity index (χ4n) is 2.21. The SMILES string of the molecule is Cl.O=C(NCCCN1CCNCC1)c1cc(F)ccc1F. The first-order chi connectivity index (χ1) is 9.66. The molecule has 0 spiro atoms. The third-order valence-electron chi connectivity index (χ3n) is 3.32. The van der Waals surface area contributed by atoms with E-state index < -0.39 is 17.5 Å². The molecule has 1 aromatic rings. The lowest BCUT2D eigenvalue weighted by Crippen LogP contribution is -2.44. The third kappa shape index (κ3) is 5.57. The van der Waals surface area contributed by atoms with Crippen molar-refractivity contribution in [1.29, 1.82) is 0 Å². The van der Waals surface area contributed by atoms with E-state index in [0.717, 1.165) is 57.3 Å². The second kappa shape index (κ2) is 8.92. The van der Waals surface area contributed by atoms with Crippen molar-refractivity contribution in [2.45, 2.75) is 6.42 Å². The number of nitrogens with zero attached hydrogens (tertiary/aromatic N) is 1. The van der Waals surface area contributed by atoms with Crippen molar-refractivity contribution >= 4 is 18.3 Å². The smallest absolute Gasteiger partial charge is 0.254 e. The Labute approximate surface area is 129 Å². The van der Waals surface area contributed by atoms with Crippen LogP contribution < -0.4 is 10.6 Å². The van der Waals surface area contributed by atoms with Gasteiger partial charge in [0, 0.05) is 32.7 Å². The van der Waals surface area contributed by atoms with E-state index in [1.807, 2.05) is 0 Å². The molecule has 0 radical (unpaired) electrons. The van der Waals surface area contributed by atoms with Crippen molar-refractivity contribution in [3.05, 3.63) is 35.4 Å². The molecular weight excluding hydrogens is 300 g/mol. The van der Waals surface area contributed by atoms with Crippen molar-refractivity contribution in [2.75, 3.05) is 39.3 Å². The Morgan fingerprint density at radius 2 is 2.00 bits per heavy atom. The van der Waals surface area contributed by atoms with Gasteiger partial charge >= 0.3 is 0 Å². The first-order valence-electron chi connectivity index (χ1n) is 6.83. The minimum absolute atomic E-state index is 0. The Morgan fingerprint density at radius 1 is 1.29 bits per heavy atom.